The predicted octanol–water partition coefficient (Wildman–Crippen LogP) is -2.18. The Labute approximate surface area is 70.8 Å². The molecule has 0 saturated carbocycles. The van der Waals surface area contributed by atoms with Crippen LogP contribution in [-0.2, 0) is 4.79 Å². The van der Waals surface area contributed by atoms with E-state index in [4.69, 9.17) is 0 Å². The van der Waals surface area contributed by atoms with Crippen LogP contribution in [0.3, 0.4) is 0 Å². The lowest BCUT2D eigenvalue weighted by Gasteiger charge is -2.33. The molecule has 0 spiro atoms. The van der Waals surface area contributed by atoms with E-state index in [1.807, 2.05) is 0 Å². The number of hydrogen-bond donors (Lipinski definition) is 4. The summed E-state index contributed by atoms with van der Waals surface area (Å²) in [5.41, 5.74) is 0. The molecule has 1 amide bonds. The van der Waals surface area contributed by atoms with Crippen LogP contribution in [0.1, 0.15) is 6.92 Å². The summed E-state index contributed by atoms with van der Waals surface area (Å²) in [6, 6.07) is -0.538. The van der Waals surface area contributed by atoms with Crippen molar-refractivity contribution in [3.63, 3.8) is 0 Å². The Kier molecular flexibility index (Phi) is 3.02. The number of β-amino-alcohol motifs (C(OH)–C–C–N with tert-alkyl or cyclic N) is 2. The Morgan fingerprint density at radius 3 is 2.33 bits per heavy atom. The monoisotopic (exact) mass is 174 g/mol. The maximum atomic E-state index is 10.6. The van der Waals surface area contributed by atoms with Gasteiger partial charge in [0.25, 0.3) is 0 Å². The SMILES string of the molecule is CC(=O)NC1C(O)CNCC1O. The number of aliphatic hydroxyl groups excluding tert-OH is 2. The summed E-state index contributed by atoms with van der Waals surface area (Å²) in [5, 5.41) is 24.0. The second kappa shape index (κ2) is 3.84. The Bertz CT molecular complexity index is 164. The molecule has 1 rings (SSSR count). The highest BCUT2D eigenvalue weighted by atomic mass is 16.3. The van der Waals surface area contributed by atoms with Crippen LogP contribution in [0, 0.1) is 0 Å². The van der Waals surface area contributed by atoms with E-state index in [9.17, 15) is 15.0 Å². The Hall–Kier alpha value is -0.650. The molecule has 5 heteroatoms. The molecule has 0 aliphatic carbocycles. The quantitative estimate of drug-likeness (QED) is 0.364. The first-order chi connectivity index (χ1) is 5.61. The highest BCUT2D eigenvalue weighted by molar-refractivity contribution is 5.73. The van der Waals surface area contributed by atoms with Gasteiger partial charge < -0.3 is 20.8 Å². The van der Waals surface area contributed by atoms with Gasteiger partial charge in [-0.15, -0.1) is 0 Å². The molecule has 5 nitrogen and oxygen atoms in total. The summed E-state index contributed by atoms with van der Waals surface area (Å²) >= 11 is 0. The normalized spacial score (nSPS) is 36.1. The minimum absolute atomic E-state index is 0.236. The molecule has 0 aromatic carbocycles. The number of piperidine rings is 1. The summed E-state index contributed by atoms with van der Waals surface area (Å²) in [6.07, 6.45) is -1.42. The number of carbonyl (C=O) groups excluding carboxylic acids is 1. The fraction of sp³-hybridized carbons (Fsp3) is 0.857. The lowest BCUT2D eigenvalue weighted by Crippen LogP contribution is -2.60. The van der Waals surface area contributed by atoms with Gasteiger partial charge in [-0.1, -0.05) is 0 Å². The largest absolute Gasteiger partial charge is 0.390 e. The minimum Gasteiger partial charge on any atom is -0.390 e. The molecule has 0 aromatic rings. The lowest BCUT2D eigenvalue weighted by molar-refractivity contribution is -0.122. The van der Waals surface area contributed by atoms with Gasteiger partial charge in [0.05, 0.1) is 18.2 Å². The average Bonchev–Trinajstić information content (AvgIpc) is 1.97. The van der Waals surface area contributed by atoms with Gasteiger partial charge in [0.1, 0.15) is 0 Å². The molecule has 12 heavy (non-hydrogen) atoms. The van der Waals surface area contributed by atoms with Gasteiger partial charge in [0, 0.05) is 20.0 Å². The molecule has 2 unspecified atom stereocenters. The van der Waals surface area contributed by atoms with Gasteiger partial charge in [0.15, 0.2) is 0 Å². The first-order valence-electron chi connectivity index (χ1n) is 3.95. The van der Waals surface area contributed by atoms with Crippen molar-refractivity contribution >= 4 is 5.91 Å². The molecule has 0 bridgehead atoms. The third-order valence-corrected chi connectivity index (χ3v) is 1.91. The molecule has 4 N–H and O–H groups in total. The number of carbonyl (C=O) groups is 1. The van der Waals surface area contributed by atoms with Crippen molar-refractivity contribution in [2.75, 3.05) is 13.1 Å². The van der Waals surface area contributed by atoms with E-state index in [-0.39, 0.29) is 5.91 Å². The molecule has 1 aliphatic heterocycles. The third-order valence-electron chi connectivity index (χ3n) is 1.91. The van der Waals surface area contributed by atoms with Gasteiger partial charge >= 0.3 is 0 Å². The van der Waals surface area contributed by atoms with E-state index in [0.717, 1.165) is 0 Å². The number of hydrogen-bond acceptors (Lipinski definition) is 4. The summed E-state index contributed by atoms with van der Waals surface area (Å²) in [7, 11) is 0. The lowest BCUT2D eigenvalue weighted by atomic mass is 10.0. The first kappa shape index (κ1) is 9.44. The van der Waals surface area contributed by atoms with Crippen LogP contribution in [0.15, 0.2) is 0 Å². The summed E-state index contributed by atoms with van der Waals surface area (Å²) in [5.74, 6) is -0.236. The van der Waals surface area contributed by atoms with Crippen molar-refractivity contribution in [2.24, 2.45) is 0 Å². The van der Waals surface area contributed by atoms with Gasteiger partial charge in [-0.25, -0.2) is 0 Å². The molecule has 0 aromatic heterocycles. The van der Waals surface area contributed by atoms with Crippen LogP contribution in [-0.4, -0.2) is 47.5 Å². The second-order valence-electron chi connectivity index (χ2n) is 3.02. The van der Waals surface area contributed by atoms with Gasteiger partial charge in [-0.3, -0.25) is 4.79 Å². The van der Waals surface area contributed by atoms with Crippen molar-refractivity contribution in [1.29, 1.82) is 0 Å². The third kappa shape index (κ3) is 2.17. The Morgan fingerprint density at radius 2 is 1.92 bits per heavy atom. The molecule has 70 valence electrons. The maximum Gasteiger partial charge on any atom is 0.217 e. The number of rotatable bonds is 1. The fourth-order valence-electron chi connectivity index (χ4n) is 1.32. The van der Waals surface area contributed by atoms with Crippen molar-refractivity contribution in [3.8, 4) is 0 Å². The first-order valence-corrected chi connectivity index (χ1v) is 3.95. The predicted molar refractivity (Wildman–Crippen MR) is 42.5 cm³/mol. The minimum atomic E-state index is -0.711. The van der Waals surface area contributed by atoms with E-state index in [0.29, 0.717) is 13.1 Å². The molecule has 1 heterocycles. The Balaban J connectivity index is 2.50. The molecular formula is C7H14N2O3. The summed E-state index contributed by atoms with van der Waals surface area (Å²) < 4.78 is 0. The van der Waals surface area contributed by atoms with E-state index >= 15 is 0 Å². The zero-order chi connectivity index (χ0) is 9.14. The zero-order valence-corrected chi connectivity index (χ0v) is 6.95. The van der Waals surface area contributed by atoms with Crippen LogP contribution in [0.2, 0.25) is 0 Å². The van der Waals surface area contributed by atoms with Crippen molar-refractivity contribution < 1.29 is 15.0 Å². The standard InChI is InChI=1S/C7H14N2O3/c1-4(10)9-7-5(11)2-8-3-6(7)12/h5-8,11-12H,2-3H2,1H3,(H,9,10). The molecular weight excluding hydrogens is 160 g/mol. The highest BCUT2D eigenvalue weighted by Gasteiger charge is 2.30. The molecule has 1 fully saturated rings. The Morgan fingerprint density at radius 1 is 1.42 bits per heavy atom. The van der Waals surface area contributed by atoms with E-state index in [2.05, 4.69) is 10.6 Å². The van der Waals surface area contributed by atoms with Crippen LogP contribution in [0.5, 0.6) is 0 Å². The summed E-state index contributed by atoms with van der Waals surface area (Å²) in [4.78, 5) is 10.6. The van der Waals surface area contributed by atoms with Gasteiger partial charge in [0.2, 0.25) is 5.91 Å². The van der Waals surface area contributed by atoms with Crippen LogP contribution in [0.25, 0.3) is 0 Å². The van der Waals surface area contributed by atoms with Crippen molar-refractivity contribution in [2.45, 2.75) is 25.2 Å². The number of amides is 1. The zero-order valence-electron chi connectivity index (χ0n) is 6.95. The van der Waals surface area contributed by atoms with Crippen LogP contribution in [0.4, 0.5) is 0 Å². The molecule has 1 saturated heterocycles. The second-order valence-corrected chi connectivity index (χ2v) is 3.02. The van der Waals surface area contributed by atoms with Gasteiger partial charge in [-0.2, -0.15) is 0 Å². The van der Waals surface area contributed by atoms with Crippen LogP contribution < -0.4 is 10.6 Å². The molecule has 1 aliphatic rings. The molecule has 0 radical (unpaired) electrons. The van der Waals surface area contributed by atoms with E-state index in [1.165, 1.54) is 6.92 Å². The van der Waals surface area contributed by atoms with E-state index in [1.54, 1.807) is 0 Å². The topological polar surface area (TPSA) is 81.6 Å². The van der Waals surface area contributed by atoms with Gasteiger partial charge in [-0.05, 0) is 0 Å². The maximum absolute atomic E-state index is 10.6. The number of nitrogens with one attached hydrogen (secondary N) is 2. The smallest absolute Gasteiger partial charge is 0.217 e. The van der Waals surface area contributed by atoms with E-state index < -0.39 is 18.2 Å². The molecule has 2 atom stereocenters. The summed E-state index contributed by atoms with van der Waals surface area (Å²) in [6.45, 7) is 2.17. The van der Waals surface area contributed by atoms with Crippen molar-refractivity contribution in [3.05, 3.63) is 0 Å². The van der Waals surface area contributed by atoms with Crippen molar-refractivity contribution in [1.82, 2.24) is 10.6 Å². The van der Waals surface area contributed by atoms with Crippen LogP contribution >= 0.6 is 0 Å². The highest BCUT2D eigenvalue weighted by Crippen LogP contribution is 2.04. The average molecular weight is 174 g/mol. The number of aliphatic hydroxyl groups is 2. The fourth-order valence-corrected chi connectivity index (χ4v) is 1.32.